The van der Waals surface area contributed by atoms with Gasteiger partial charge in [0, 0.05) is 24.8 Å². The fraction of sp³-hybridized carbons (Fsp3) is 0.421. The number of nitrogens with zero attached hydrogens (tertiary/aromatic N) is 3. The van der Waals surface area contributed by atoms with Crippen molar-refractivity contribution in [2.45, 2.75) is 26.5 Å². The van der Waals surface area contributed by atoms with Gasteiger partial charge in [0.25, 0.3) is 5.91 Å². The molecule has 1 unspecified atom stereocenters. The van der Waals surface area contributed by atoms with Crippen LogP contribution in [0.2, 0.25) is 0 Å². The molecule has 2 aromatic rings. The van der Waals surface area contributed by atoms with Gasteiger partial charge in [-0.3, -0.25) is 4.79 Å². The van der Waals surface area contributed by atoms with Crippen LogP contribution in [0, 0.1) is 12.7 Å². The molecule has 1 aliphatic rings. The molecule has 0 spiro atoms. The molecule has 1 fully saturated rings. The predicted octanol–water partition coefficient (Wildman–Crippen LogP) is 1.84. The highest BCUT2D eigenvalue weighted by molar-refractivity contribution is 5.80. The van der Waals surface area contributed by atoms with Crippen LogP contribution in [-0.4, -0.2) is 48.3 Å². The van der Waals surface area contributed by atoms with Gasteiger partial charge in [-0.05, 0) is 26.0 Å². The van der Waals surface area contributed by atoms with Crippen LogP contribution in [0.15, 0.2) is 30.3 Å². The maximum Gasteiger partial charge on any atom is 0.261 e. The lowest BCUT2D eigenvalue weighted by molar-refractivity contribution is -0.127. The van der Waals surface area contributed by atoms with Gasteiger partial charge >= 0.3 is 0 Å². The van der Waals surface area contributed by atoms with Crippen LogP contribution >= 0.6 is 0 Å². The maximum absolute atomic E-state index is 13.6. The molecule has 27 heavy (non-hydrogen) atoms. The van der Waals surface area contributed by atoms with E-state index in [9.17, 15) is 9.18 Å². The minimum Gasteiger partial charge on any atom is -0.478 e. The Labute approximate surface area is 157 Å². The summed E-state index contributed by atoms with van der Waals surface area (Å²) >= 11 is 0. The van der Waals surface area contributed by atoms with Gasteiger partial charge in [0.15, 0.2) is 17.7 Å². The predicted molar refractivity (Wildman–Crippen MR) is 98.1 cm³/mol. The summed E-state index contributed by atoms with van der Waals surface area (Å²) in [6, 6.07) is 7.90. The van der Waals surface area contributed by atoms with Crippen molar-refractivity contribution in [2.24, 2.45) is 0 Å². The van der Waals surface area contributed by atoms with Crippen molar-refractivity contribution in [3.63, 3.8) is 0 Å². The summed E-state index contributed by atoms with van der Waals surface area (Å²) < 4.78 is 24.4. The first-order valence-electron chi connectivity index (χ1n) is 8.89. The number of halogens is 1. The maximum atomic E-state index is 13.6. The summed E-state index contributed by atoms with van der Waals surface area (Å²) in [4.78, 5) is 23.3. The van der Waals surface area contributed by atoms with E-state index in [1.807, 2.05) is 13.0 Å². The largest absolute Gasteiger partial charge is 0.478 e. The Morgan fingerprint density at radius 3 is 2.81 bits per heavy atom. The summed E-state index contributed by atoms with van der Waals surface area (Å²) in [5, 5.41) is 2.74. The average molecular weight is 374 g/mol. The zero-order valence-corrected chi connectivity index (χ0v) is 15.4. The molecule has 3 rings (SSSR count). The molecule has 0 bridgehead atoms. The third kappa shape index (κ3) is 5.13. The third-order valence-corrected chi connectivity index (χ3v) is 4.15. The molecular weight excluding hydrogens is 351 g/mol. The molecule has 7 nitrogen and oxygen atoms in total. The number of carbonyl (C=O) groups excluding carboxylic acids is 1. The van der Waals surface area contributed by atoms with E-state index in [1.165, 1.54) is 12.1 Å². The quantitative estimate of drug-likeness (QED) is 0.832. The normalized spacial score (nSPS) is 15.3. The van der Waals surface area contributed by atoms with Crippen molar-refractivity contribution < 1.29 is 18.7 Å². The van der Waals surface area contributed by atoms with E-state index >= 15 is 0 Å². The van der Waals surface area contributed by atoms with Gasteiger partial charge in [0.05, 0.1) is 19.8 Å². The highest BCUT2D eigenvalue weighted by Crippen LogP contribution is 2.17. The Morgan fingerprint density at radius 1 is 1.33 bits per heavy atom. The third-order valence-electron chi connectivity index (χ3n) is 4.15. The molecule has 1 aliphatic heterocycles. The lowest BCUT2D eigenvalue weighted by Crippen LogP contribution is -2.38. The number of rotatable bonds is 6. The van der Waals surface area contributed by atoms with Crippen LogP contribution in [0.4, 0.5) is 10.2 Å². The van der Waals surface area contributed by atoms with Gasteiger partial charge in [-0.25, -0.2) is 14.4 Å². The highest BCUT2D eigenvalue weighted by atomic mass is 19.1. The topological polar surface area (TPSA) is 76.6 Å². The van der Waals surface area contributed by atoms with Crippen LogP contribution in [0.25, 0.3) is 0 Å². The fourth-order valence-electron chi connectivity index (χ4n) is 2.74. The second-order valence-electron chi connectivity index (χ2n) is 6.29. The number of aryl methyl sites for hydroxylation is 1. The van der Waals surface area contributed by atoms with Gasteiger partial charge in [0.1, 0.15) is 11.6 Å². The number of hydrogen-bond acceptors (Lipinski definition) is 6. The zero-order chi connectivity index (χ0) is 19.2. The number of aromatic nitrogens is 2. The molecule has 8 heteroatoms. The number of amides is 1. The van der Waals surface area contributed by atoms with Crippen molar-refractivity contribution in [1.82, 2.24) is 15.3 Å². The number of carbonyl (C=O) groups is 1. The molecule has 1 atom stereocenters. The highest BCUT2D eigenvalue weighted by Gasteiger charge is 2.18. The Bertz CT molecular complexity index is 796. The summed E-state index contributed by atoms with van der Waals surface area (Å²) in [5.74, 6) is 0.515. The van der Waals surface area contributed by atoms with Crippen LogP contribution in [0.3, 0.4) is 0 Å². The lowest BCUT2D eigenvalue weighted by Gasteiger charge is -2.28. The number of anilines is 1. The smallest absolute Gasteiger partial charge is 0.261 e. The van der Waals surface area contributed by atoms with Crippen molar-refractivity contribution >= 4 is 11.7 Å². The van der Waals surface area contributed by atoms with E-state index in [1.54, 1.807) is 19.1 Å². The Kier molecular flexibility index (Phi) is 6.18. The van der Waals surface area contributed by atoms with Gasteiger partial charge in [-0.15, -0.1) is 0 Å². The Hall–Kier alpha value is -2.74. The van der Waals surface area contributed by atoms with Gasteiger partial charge in [-0.2, -0.15) is 0 Å². The zero-order valence-electron chi connectivity index (χ0n) is 15.4. The Morgan fingerprint density at radius 2 is 2.07 bits per heavy atom. The van der Waals surface area contributed by atoms with E-state index in [0.717, 1.165) is 24.6 Å². The van der Waals surface area contributed by atoms with Crippen molar-refractivity contribution in [2.75, 3.05) is 31.2 Å². The number of ether oxygens (including phenoxy) is 2. The van der Waals surface area contributed by atoms with Crippen LogP contribution in [0.5, 0.6) is 5.75 Å². The summed E-state index contributed by atoms with van der Waals surface area (Å²) in [6.07, 6.45) is -0.842. The van der Waals surface area contributed by atoms with Gasteiger partial charge in [-0.1, -0.05) is 12.1 Å². The number of para-hydroxylation sites is 1. The van der Waals surface area contributed by atoms with Gasteiger partial charge < -0.3 is 19.7 Å². The molecule has 0 aliphatic carbocycles. The minimum absolute atomic E-state index is 0.0431. The summed E-state index contributed by atoms with van der Waals surface area (Å²) in [7, 11) is 0. The second kappa shape index (κ2) is 8.77. The lowest BCUT2D eigenvalue weighted by atomic mass is 10.3. The molecule has 1 N–H and O–H groups in total. The first-order valence-corrected chi connectivity index (χ1v) is 8.89. The minimum atomic E-state index is -0.842. The summed E-state index contributed by atoms with van der Waals surface area (Å²) in [6.45, 7) is 6.51. The van der Waals surface area contributed by atoms with Crippen molar-refractivity contribution in [1.29, 1.82) is 0 Å². The number of benzene rings is 1. The molecule has 2 heterocycles. The van der Waals surface area contributed by atoms with Crippen LogP contribution in [-0.2, 0) is 16.1 Å². The van der Waals surface area contributed by atoms with Crippen LogP contribution in [0.1, 0.15) is 18.4 Å². The average Bonchev–Trinajstić information content (AvgIpc) is 2.68. The summed E-state index contributed by atoms with van der Waals surface area (Å²) in [5.41, 5.74) is 0.825. The van der Waals surface area contributed by atoms with E-state index in [-0.39, 0.29) is 18.2 Å². The van der Waals surface area contributed by atoms with Crippen molar-refractivity contribution in [3.8, 4) is 5.75 Å². The van der Waals surface area contributed by atoms with Crippen LogP contribution < -0.4 is 15.0 Å². The molecule has 1 aromatic carbocycles. The standard InChI is InChI=1S/C19H23FN4O3/c1-13-11-18(24-7-9-26-10-8-24)23-17(22-13)12-21-19(25)14(2)27-16-6-4-3-5-15(16)20/h3-6,11,14H,7-10,12H2,1-2H3,(H,21,25). The molecule has 1 amide bonds. The van der Waals surface area contributed by atoms with Crippen molar-refractivity contribution in [3.05, 3.63) is 47.7 Å². The molecule has 1 saturated heterocycles. The van der Waals surface area contributed by atoms with E-state index in [4.69, 9.17) is 9.47 Å². The van der Waals surface area contributed by atoms with E-state index < -0.39 is 11.9 Å². The number of morpholine rings is 1. The molecule has 0 radical (unpaired) electrons. The van der Waals surface area contributed by atoms with E-state index in [2.05, 4.69) is 20.2 Å². The molecular formula is C19H23FN4O3. The second-order valence-corrected chi connectivity index (χ2v) is 6.29. The first-order chi connectivity index (χ1) is 13.0. The molecule has 1 aromatic heterocycles. The van der Waals surface area contributed by atoms with E-state index in [0.29, 0.717) is 19.0 Å². The first kappa shape index (κ1) is 19.0. The monoisotopic (exact) mass is 374 g/mol. The SMILES string of the molecule is Cc1cc(N2CCOCC2)nc(CNC(=O)C(C)Oc2ccccc2F)n1. The van der Waals surface area contributed by atoms with Gasteiger partial charge in [0.2, 0.25) is 0 Å². The number of nitrogens with one attached hydrogen (secondary N) is 1. The Balaban J connectivity index is 1.59. The number of hydrogen-bond donors (Lipinski definition) is 1. The molecule has 144 valence electrons. The molecule has 0 saturated carbocycles. The fourth-order valence-corrected chi connectivity index (χ4v) is 2.74.